The lowest BCUT2D eigenvalue weighted by atomic mass is 9.95. The maximum Gasteiger partial charge on any atom is 0.338 e. The second kappa shape index (κ2) is 12.2. The number of halogens is 2. The first-order chi connectivity index (χ1) is 20.6. The summed E-state index contributed by atoms with van der Waals surface area (Å²) in [6, 6.07) is 9.78. The van der Waals surface area contributed by atoms with Gasteiger partial charge >= 0.3 is 5.97 Å². The molecule has 3 heterocycles. The summed E-state index contributed by atoms with van der Waals surface area (Å²) in [7, 11) is 3.00. The number of furan rings is 1. The van der Waals surface area contributed by atoms with E-state index in [2.05, 4.69) is 20.9 Å². The molecule has 2 aromatic carbocycles. The summed E-state index contributed by atoms with van der Waals surface area (Å²) in [5.41, 5.74) is 0.942. The van der Waals surface area contributed by atoms with Gasteiger partial charge in [0, 0.05) is 28.2 Å². The first-order valence-electron chi connectivity index (χ1n) is 12.7. The smallest absolute Gasteiger partial charge is 0.338 e. The van der Waals surface area contributed by atoms with E-state index in [1.807, 2.05) is 0 Å². The fraction of sp³-hybridized carbons (Fsp3) is 0.207. The standard InChI is InChI=1S/C29H23BrClN3O8S/c1-5-41-28(36)25-14(2)32-29-33(26(25)17-12-22(39-3)23(40-4)13-19(17)30)27(35)24(43-29)11-16-7-9-21(42-16)18-10-15(34(37)38)6-8-20(18)31/h6-13,26H,5H2,1-4H3/b24-11-. The number of aromatic nitrogens is 1. The minimum absolute atomic E-state index is 0.134. The van der Waals surface area contributed by atoms with Crippen molar-refractivity contribution in [1.29, 1.82) is 0 Å². The lowest BCUT2D eigenvalue weighted by molar-refractivity contribution is -0.384. The van der Waals surface area contributed by atoms with Crippen LogP contribution >= 0.6 is 38.9 Å². The van der Waals surface area contributed by atoms with Gasteiger partial charge in [-0.3, -0.25) is 19.5 Å². The van der Waals surface area contributed by atoms with Gasteiger partial charge in [-0.05, 0) is 49.7 Å². The molecule has 0 spiro atoms. The van der Waals surface area contributed by atoms with Crippen molar-refractivity contribution in [3.8, 4) is 22.8 Å². The number of hydrogen-bond acceptors (Lipinski definition) is 10. The highest BCUT2D eigenvalue weighted by Gasteiger charge is 2.35. The number of hydrogen-bond donors (Lipinski definition) is 0. The molecule has 43 heavy (non-hydrogen) atoms. The van der Waals surface area contributed by atoms with Gasteiger partial charge < -0.3 is 18.6 Å². The number of benzene rings is 2. The van der Waals surface area contributed by atoms with Crippen LogP contribution in [0, 0.1) is 10.1 Å². The van der Waals surface area contributed by atoms with Crippen molar-refractivity contribution in [2.45, 2.75) is 19.9 Å². The SMILES string of the molecule is CCOC(=O)C1=C(C)N=c2s/c(=C\c3ccc(-c4cc([N+](=O)[O-])ccc4Cl)o3)c(=O)n2C1c1cc(OC)c(OC)cc1Br. The molecular formula is C29H23BrClN3O8S. The van der Waals surface area contributed by atoms with Gasteiger partial charge in [-0.1, -0.05) is 38.9 Å². The van der Waals surface area contributed by atoms with Crippen LogP contribution in [0.1, 0.15) is 31.2 Å². The Bertz CT molecular complexity index is 1990. The van der Waals surface area contributed by atoms with Crippen LogP contribution in [-0.2, 0) is 9.53 Å². The number of allylic oxidation sites excluding steroid dienone is 1. The van der Waals surface area contributed by atoms with E-state index >= 15 is 0 Å². The molecule has 0 radical (unpaired) electrons. The zero-order chi connectivity index (χ0) is 31.0. The molecular weight excluding hydrogens is 666 g/mol. The van der Waals surface area contributed by atoms with Crippen LogP contribution < -0.4 is 24.4 Å². The minimum Gasteiger partial charge on any atom is -0.493 e. The maximum atomic E-state index is 14.0. The van der Waals surface area contributed by atoms with E-state index in [0.717, 1.165) is 11.3 Å². The molecule has 5 rings (SSSR count). The van der Waals surface area contributed by atoms with E-state index in [-0.39, 0.29) is 27.4 Å². The Morgan fingerprint density at radius 3 is 2.60 bits per heavy atom. The maximum absolute atomic E-state index is 14.0. The van der Waals surface area contributed by atoms with Gasteiger partial charge in [0.05, 0.1) is 52.6 Å². The van der Waals surface area contributed by atoms with Gasteiger partial charge in [0.2, 0.25) is 0 Å². The summed E-state index contributed by atoms with van der Waals surface area (Å²) in [4.78, 5) is 42.9. The Hall–Kier alpha value is -4.20. The first-order valence-corrected chi connectivity index (χ1v) is 14.7. The highest BCUT2D eigenvalue weighted by molar-refractivity contribution is 9.10. The van der Waals surface area contributed by atoms with Crippen LogP contribution in [0.4, 0.5) is 5.69 Å². The van der Waals surface area contributed by atoms with Gasteiger partial charge in [0.15, 0.2) is 16.3 Å². The Labute approximate surface area is 261 Å². The van der Waals surface area contributed by atoms with Crippen molar-refractivity contribution in [2.75, 3.05) is 20.8 Å². The molecule has 1 atom stereocenters. The summed E-state index contributed by atoms with van der Waals surface area (Å²) in [5, 5.41) is 11.5. The van der Waals surface area contributed by atoms with Crippen molar-refractivity contribution in [2.24, 2.45) is 4.99 Å². The fourth-order valence-electron chi connectivity index (χ4n) is 4.69. The molecule has 0 aliphatic carbocycles. The molecule has 1 aliphatic heterocycles. The number of ether oxygens (including phenoxy) is 3. The number of nitro benzene ring substituents is 1. The first kappa shape index (κ1) is 30.3. The molecule has 11 nitrogen and oxygen atoms in total. The third kappa shape index (κ3) is 5.63. The molecule has 0 N–H and O–H groups in total. The average molecular weight is 689 g/mol. The zero-order valence-corrected chi connectivity index (χ0v) is 26.3. The van der Waals surface area contributed by atoms with Crippen molar-refractivity contribution in [3.63, 3.8) is 0 Å². The van der Waals surface area contributed by atoms with Crippen LogP contribution in [0.2, 0.25) is 5.02 Å². The summed E-state index contributed by atoms with van der Waals surface area (Å²) >= 11 is 11.0. The molecule has 0 saturated carbocycles. The predicted molar refractivity (Wildman–Crippen MR) is 163 cm³/mol. The molecule has 0 amide bonds. The third-order valence-electron chi connectivity index (χ3n) is 6.64. The predicted octanol–water partition coefficient (Wildman–Crippen LogP) is 5.40. The lowest BCUT2D eigenvalue weighted by Crippen LogP contribution is -2.40. The highest BCUT2D eigenvalue weighted by atomic mass is 79.9. The number of carbonyl (C=O) groups excluding carboxylic acids is 1. The topological polar surface area (TPSA) is 135 Å². The quantitative estimate of drug-likeness (QED) is 0.136. The number of nitro groups is 1. The van der Waals surface area contributed by atoms with Crippen molar-refractivity contribution in [3.05, 3.63) is 104 Å². The fourth-order valence-corrected chi connectivity index (χ4v) is 6.46. The van der Waals surface area contributed by atoms with Gasteiger partial charge in [0.25, 0.3) is 11.2 Å². The van der Waals surface area contributed by atoms with Gasteiger partial charge in [-0.25, -0.2) is 9.79 Å². The van der Waals surface area contributed by atoms with Crippen LogP contribution in [0.15, 0.2) is 72.4 Å². The number of fused-ring (bicyclic) bond motifs is 1. The van der Waals surface area contributed by atoms with E-state index in [4.69, 9.17) is 30.2 Å². The molecule has 1 aliphatic rings. The van der Waals surface area contributed by atoms with E-state index in [1.165, 1.54) is 37.0 Å². The number of carbonyl (C=O) groups is 1. The van der Waals surface area contributed by atoms with Crippen LogP contribution in [0.3, 0.4) is 0 Å². The zero-order valence-electron chi connectivity index (χ0n) is 23.2. The summed E-state index contributed by atoms with van der Waals surface area (Å²) < 4.78 is 24.5. The second-order valence-corrected chi connectivity index (χ2v) is 11.4. The largest absolute Gasteiger partial charge is 0.493 e. The molecule has 14 heteroatoms. The minimum atomic E-state index is -0.900. The summed E-state index contributed by atoms with van der Waals surface area (Å²) in [6.07, 6.45) is 1.54. The summed E-state index contributed by atoms with van der Waals surface area (Å²) in [5.74, 6) is 0.868. The van der Waals surface area contributed by atoms with Gasteiger partial charge in [0.1, 0.15) is 11.5 Å². The van der Waals surface area contributed by atoms with Crippen molar-refractivity contribution in [1.82, 2.24) is 4.57 Å². The lowest BCUT2D eigenvalue weighted by Gasteiger charge is -2.26. The van der Waals surface area contributed by atoms with Crippen LogP contribution in [-0.4, -0.2) is 36.3 Å². The molecule has 4 aromatic rings. The van der Waals surface area contributed by atoms with E-state index in [0.29, 0.717) is 49.1 Å². The normalized spacial score (nSPS) is 14.7. The number of non-ortho nitro benzene ring substituents is 1. The van der Waals surface area contributed by atoms with Gasteiger partial charge in [-0.2, -0.15) is 0 Å². The van der Waals surface area contributed by atoms with Crippen molar-refractivity contribution < 1.29 is 28.3 Å². The Balaban J connectivity index is 1.67. The third-order valence-corrected chi connectivity index (χ3v) is 8.64. The second-order valence-electron chi connectivity index (χ2n) is 9.15. The molecule has 2 aromatic heterocycles. The Morgan fingerprint density at radius 2 is 1.93 bits per heavy atom. The van der Waals surface area contributed by atoms with Gasteiger partial charge in [-0.15, -0.1) is 0 Å². The number of esters is 1. The molecule has 0 bridgehead atoms. The van der Waals surface area contributed by atoms with Crippen LogP contribution in [0.5, 0.6) is 11.5 Å². The monoisotopic (exact) mass is 687 g/mol. The van der Waals surface area contributed by atoms with E-state index in [1.54, 1.807) is 44.2 Å². The molecule has 222 valence electrons. The number of nitrogens with zero attached hydrogens (tertiary/aromatic N) is 3. The number of methoxy groups -OCH3 is 2. The Kier molecular flexibility index (Phi) is 8.58. The average Bonchev–Trinajstić information content (AvgIpc) is 3.56. The number of thiazole rings is 1. The van der Waals surface area contributed by atoms with Crippen LogP contribution in [0.25, 0.3) is 17.4 Å². The molecule has 1 unspecified atom stereocenters. The Morgan fingerprint density at radius 1 is 1.21 bits per heavy atom. The summed E-state index contributed by atoms with van der Waals surface area (Å²) in [6.45, 7) is 3.52. The van der Waals surface area contributed by atoms with E-state index < -0.39 is 22.5 Å². The molecule has 0 fully saturated rings. The van der Waals surface area contributed by atoms with E-state index in [9.17, 15) is 19.7 Å². The number of rotatable bonds is 8. The van der Waals surface area contributed by atoms with Crippen molar-refractivity contribution >= 4 is 56.6 Å². The highest BCUT2D eigenvalue weighted by Crippen LogP contribution is 2.41. The molecule has 0 saturated heterocycles.